The molecular weight excluding hydrogens is 172 g/mol. The molecule has 1 N–H and O–H groups in total. The van der Waals surface area contributed by atoms with Gasteiger partial charge in [0.15, 0.2) is 0 Å². The van der Waals surface area contributed by atoms with Gasteiger partial charge in [-0.15, -0.1) is 0 Å². The van der Waals surface area contributed by atoms with Crippen molar-refractivity contribution in [1.82, 2.24) is 9.55 Å². The fourth-order valence-corrected chi connectivity index (χ4v) is 2.27. The summed E-state index contributed by atoms with van der Waals surface area (Å²) in [6, 6.07) is 8.50. The lowest BCUT2D eigenvalue weighted by Gasteiger charge is -1.97. The van der Waals surface area contributed by atoms with E-state index in [0.29, 0.717) is 0 Å². The lowest BCUT2D eigenvalue weighted by molar-refractivity contribution is 1.00. The van der Waals surface area contributed by atoms with E-state index in [9.17, 15) is 0 Å². The van der Waals surface area contributed by atoms with Crippen LogP contribution >= 0.6 is 0 Å². The van der Waals surface area contributed by atoms with Crippen LogP contribution in [0.4, 0.5) is 0 Å². The van der Waals surface area contributed by atoms with E-state index in [0.717, 1.165) is 0 Å². The van der Waals surface area contributed by atoms with Crippen LogP contribution in [0.3, 0.4) is 0 Å². The lowest BCUT2D eigenvalue weighted by Crippen LogP contribution is -1.87. The molecule has 0 radical (unpaired) electrons. The van der Waals surface area contributed by atoms with Gasteiger partial charge in [0.1, 0.15) is 0 Å². The summed E-state index contributed by atoms with van der Waals surface area (Å²) in [7, 11) is 2.12. The minimum atomic E-state index is 1.23. The first-order valence-corrected chi connectivity index (χ1v) is 4.80. The summed E-state index contributed by atoms with van der Waals surface area (Å²) in [4.78, 5) is 3.27. The van der Waals surface area contributed by atoms with Crippen LogP contribution < -0.4 is 0 Å². The predicted octanol–water partition coefficient (Wildman–Crippen LogP) is 2.97. The number of aromatic amines is 1. The molecule has 0 aliphatic heterocycles. The van der Waals surface area contributed by atoms with Crippen molar-refractivity contribution in [3.05, 3.63) is 36.2 Å². The molecule has 2 heterocycles. The molecule has 0 bridgehead atoms. The summed E-state index contributed by atoms with van der Waals surface area (Å²) in [6.45, 7) is 2.11. The van der Waals surface area contributed by atoms with Crippen LogP contribution in [0.5, 0.6) is 0 Å². The average Bonchev–Trinajstić information content (AvgIpc) is 2.70. The normalized spacial score (nSPS) is 11.6. The molecule has 0 amide bonds. The third-order valence-corrected chi connectivity index (χ3v) is 2.93. The van der Waals surface area contributed by atoms with Crippen LogP contribution in [-0.4, -0.2) is 9.55 Å². The molecule has 0 saturated carbocycles. The van der Waals surface area contributed by atoms with Crippen molar-refractivity contribution >= 4 is 21.8 Å². The molecule has 3 aromatic rings. The predicted molar refractivity (Wildman–Crippen MR) is 59.5 cm³/mol. The first-order chi connectivity index (χ1) is 6.79. The van der Waals surface area contributed by atoms with Gasteiger partial charge >= 0.3 is 0 Å². The molecule has 14 heavy (non-hydrogen) atoms. The maximum atomic E-state index is 3.27. The molecule has 1 aromatic carbocycles. The zero-order valence-corrected chi connectivity index (χ0v) is 8.33. The van der Waals surface area contributed by atoms with E-state index >= 15 is 0 Å². The molecule has 2 aromatic heterocycles. The van der Waals surface area contributed by atoms with E-state index in [-0.39, 0.29) is 0 Å². The Kier molecular flexibility index (Phi) is 1.32. The van der Waals surface area contributed by atoms with Gasteiger partial charge in [-0.25, -0.2) is 0 Å². The number of aryl methyl sites for hydroxylation is 2. The van der Waals surface area contributed by atoms with Crippen molar-refractivity contribution in [3.8, 4) is 0 Å². The van der Waals surface area contributed by atoms with Gasteiger partial charge in [-0.3, -0.25) is 0 Å². The van der Waals surface area contributed by atoms with Crippen LogP contribution in [0, 0.1) is 6.92 Å². The molecule has 0 saturated heterocycles. The topological polar surface area (TPSA) is 20.7 Å². The fourth-order valence-electron chi connectivity index (χ4n) is 2.27. The molecule has 0 spiro atoms. The number of para-hydroxylation sites is 1. The average molecular weight is 184 g/mol. The Morgan fingerprint density at radius 2 is 1.93 bits per heavy atom. The van der Waals surface area contributed by atoms with Gasteiger partial charge in [-0.05, 0) is 13.0 Å². The second kappa shape index (κ2) is 2.41. The van der Waals surface area contributed by atoms with E-state index in [1.807, 2.05) is 0 Å². The minimum Gasteiger partial charge on any atom is -0.363 e. The van der Waals surface area contributed by atoms with E-state index < -0.39 is 0 Å². The van der Waals surface area contributed by atoms with Crippen LogP contribution in [0.15, 0.2) is 30.5 Å². The van der Waals surface area contributed by atoms with Crippen LogP contribution in [0.2, 0.25) is 0 Å². The van der Waals surface area contributed by atoms with Crippen molar-refractivity contribution in [2.45, 2.75) is 6.92 Å². The minimum absolute atomic E-state index is 1.23. The van der Waals surface area contributed by atoms with Gasteiger partial charge in [0.2, 0.25) is 0 Å². The van der Waals surface area contributed by atoms with Gasteiger partial charge < -0.3 is 9.55 Å². The van der Waals surface area contributed by atoms with E-state index in [1.165, 1.54) is 27.5 Å². The number of nitrogens with one attached hydrogen (secondary N) is 1. The molecule has 70 valence electrons. The largest absolute Gasteiger partial charge is 0.363 e. The second-order valence-electron chi connectivity index (χ2n) is 3.75. The summed E-state index contributed by atoms with van der Waals surface area (Å²) in [6.07, 6.45) is 2.09. The highest BCUT2D eigenvalue weighted by atomic mass is 15.0. The number of H-pyrrole nitrogens is 1. The molecule has 2 nitrogen and oxygen atoms in total. The van der Waals surface area contributed by atoms with Crippen LogP contribution in [0.25, 0.3) is 21.8 Å². The van der Waals surface area contributed by atoms with Crippen LogP contribution in [-0.2, 0) is 7.05 Å². The second-order valence-corrected chi connectivity index (χ2v) is 3.75. The van der Waals surface area contributed by atoms with Gasteiger partial charge in [-0.1, -0.05) is 18.2 Å². The molecule has 0 aliphatic rings. The highest BCUT2D eigenvalue weighted by molar-refractivity contribution is 6.08. The number of fused-ring (bicyclic) bond motifs is 3. The Bertz CT molecular complexity index is 614. The highest BCUT2D eigenvalue weighted by Gasteiger charge is 2.09. The standard InChI is InChI=1S/C12H12N2/c1-8-12-10(7-13-8)9-5-3-4-6-11(9)14(12)2/h3-7,13H,1-2H3. The van der Waals surface area contributed by atoms with Gasteiger partial charge in [0, 0.05) is 35.2 Å². The number of aromatic nitrogens is 2. The lowest BCUT2D eigenvalue weighted by atomic mass is 10.2. The molecule has 0 atom stereocenters. The summed E-state index contributed by atoms with van der Waals surface area (Å²) in [5.41, 5.74) is 3.85. The SMILES string of the molecule is Cc1[nH]cc2c3ccccc3n(C)c12. The van der Waals surface area contributed by atoms with Crippen molar-refractivity contribution in [3.63, 3.8) is 0 Å². The van der Waals surface area contributed by atoms with E-state index in [1.54, 1.807) is 0 Å². The highest BCUT2D eigenvalue weighted by Crippen LogP contribution is 2.29. The van der Waals surface area contributed by atoms with Crippen molar-refractivity contribution < 1.29 is 0 Å². The van der Waals surface area contributed by atoms with Gasteiger partial charge in [0.05, 0.1) is 5.52 Å². The number of rotatable bonds is 0. The third-order valence-electron chi connectivity index (χ3n) is 2.93. The quantitative estimate of drug-likeness (QED) is 0.554. The van der Waals surface area contributed by atoms with Crippen molar-refractivity contribution in [2.75, 3.05) is 0 Å². The van der Waals surface area contributed by atoms with Crippen molar-refractivity contribution in [1.29, 1.82) is 0 Å². The fraction of sp³-hybridized carbons (Fsp3) is 0.167. The Balaban J connectivity index is 2.69. The number of benzene rings is 1. The maximum absolute atomic E-state index is 3.27. The number of hydrogen-bond acceptors (Lipinski definition) is 0. The zero-order valence-electron chi connectivity index (χ0n) is 8.33. The van der Waals surface area contributed by atoms with Gasteiger partial charge in [-0.2, -0.15) is 0 Å². The third kappa shape index (κ3) is 0.757. The molecule has 2 heteroatoms. The summed E-state index contributed by atoms with van der Waals surface area (Å²) in [5, 5.41) is 2.65. The number of hydrogen-bond donors (Lipinski definition) is 1. The van der Waals surface area contributed by atoms with E-state index in [2.05, 4.69) is 54.0 Å². The zero-order chi connectivity index (χ0) is 9.71. The monoisotopic (exact) mass is 184 g/mol. The molecule has 0 fully saturated rings. The maximum Gasteiger partial charge on any atom is 0.0696 e. The Morgan fingerprint density at radius 3 is 2.79 bits per heavy atom. The van der Waals surface area contributed by atoms with E-state index in [4.69, 9.17) is 0 Å². The Morgan fingerprint density at radius 1 is 1.14 bits per heavy atom. The number of nitrogens with zero attached hydrogens (tertiary/aromatic N) is 1. The smallest absolute Gasteiger partial charge is 0.0696 e. The van der Waals surface area contributed by atoms with Crippen molar-refractivity contribution in [2.24, 2.45) is 7.05 Å². The van der Waals surface area contributed by atoms with Gasteiger partial charge in [0.25, 0.3) is 0 Å². The first-order valence-electron chi connectivity index (χ1n) is 4.80. The molecule has 3 rings (SSSR count). The molecule has 0 aliphatic carbocycles. The molecular formula is C12H12N2. The molecule has 0 unspecified atom stereocenters. The van der Waals surface area contributed by atoms with Crippen LogP contribution in [0.1, 0.15) is 5.69 Å². The Hall–Kier alpha value is -1.70. The summed E-state index contributed by atoms with van der Waals surface area (Å²) < 4.78 is 2.25. The first kappa shape index (κ1) is 7.68. The Labute approximate surface area is 82.2 Å². The summed E-state index contributed by atoms with van der Waals surface area (Å²) in [5.74, 6) is 0. The summed E-state index contributed by atoms with van der Waals surface area (Å²) >= 11 is 0.